The first-order chi connectivity index (χ1) is 8.66. The van der Waals surface area contributed by atoms with Crippen molar-refractivity contribution in [3.63, 3.8) is 0 Å². The Bertz CT molecular complexity index is 566. The molecule has 0 atom stereocenters. The molecule has 0 bridgehead atoms. The molecule has 1 aliphatic rings. The summed E-state index contributed by atoms with van der Waals surface area (Å²) < 4.78 is 25.8. The summed E-state index contributed by atoms with van der Waals surface area (Å²) >= 11 is 0. The smallest absolute Gasteiger partial charge is 0.267 e. The normalized spacial score (nSPS) is 16.3. The van der Waals surface area contributed by atoms with Gasteiger partial charge in [0.2, 0.25) is 0 Å². The summed E-state index contributed by atoms with van der Waals surface area (Å²) in [6.07, 6.45) is 3.10. The third-order valence-electron chi connectivity index (χ3n) is 2.58. The lowest BCUT2D eigenvalue weighted by molar-refractivity contribution is 0.515. The van der Waals surface area contributed by atoms with E-state index < -0.39 is 10.0 Å². The highest BCUT2D eigenvalue weighted by Crippen LogP contribution is 2.29. The van der Waals surface area contributed by atoms with Crippen LogP contribution in [0.3, 0.4) is 0 Å². The zero-order valence-electron chi connectivity index (χ0n) is 9.91. The van der Waals surface area contributed by atoms with Crippen molar-refractivity contribution in [2.75, 3.05) is 19.6 Å². The minimum Gasteiger partial charge on any atom is -0.311 e. The van der Waals surface area contributed by atoms with Crippen molar-refractivity contribution in [2.24, 2.45) is 4.99 Å². The minimum absolute atomic E-state index is 0.260. The molecule has 0 radical (unpaired) electrons. The third kappa shape index (κ3) is 2.44. The lowest BCUT2D eigenvalue weighted by Gasteiger charge is -2.23. The Kier molecular flexibility index (Phi) is 3.78. The van der Waals surface area contributed by atoms with Crippen molar-refractivity contribution >= 4 is 22.0 Å². The van der Waals surface area contributed by atoms with Gasteiger partial charge in [-0.25, -0.2) is 13.4 Å². The van der Waals surface area contributed by atoms with Gasteiger partial charge in [-0.2, -0.15) is 0 Å². The number of para-hydroxylation sites is 1. The van der Waals surface area contributed by atoms with Gasteiger partial charge in [0.25, 0.3) is 10.0 Å². The number of hydrogen-bond donors (Lipinski definition) is 1. The Balaban J connectivity index is 2.15. The van der Waals surface area contributed by atoms with E-state index in [1.54, 1.807) is 30.3 Å². The van der Waals surface area contributed by atoms with Crippen LogP contribution in [0.5, 0.6) is 0 Å². The fourth-order valence-electron chi connectivity index (χ4n) is 1.67. The maximum Gasteiger partial charge on any atom is 0.267 e. The maximum atomic E-state index is 12.3. The molecule has 1 aromatic rings. The third-order valence-corrected chi connectivity index (χ3v) is 4.37. The second kappa shape index (κ2) is 5.32. The minimum atomic E-state index is -3.45. The van der Waals surface area contributed by atoms with E-state index in [0.717, 1.165) is 0 Å². The highest BCUT2D eigenvalue weighted by molar-refractivity contribution is 7.89. The Morgan fingerprint density at radius 3 is 2.94 bits per heavy atom. The van der Waals surface area contributed by atoms with Gasteiger partial charge in [0.15, 0.2) is 0 Å². The molecule has 0 fully saturated rings. The van der Waals surface area contributed by atoms with Crippen LogP contribution < -0.4 is 5.32 Å². The van der Waals surface area contributed by atoms with E-state index in [4.69, 9.17) is 0 Å². The predicted octanol–water partition coefficient (Wildman–Crippen LogP) is 1.13. The Labute approximate surface area is 107 Å². The molecule has 1 heterocycles. The van der Waals surface area contributed by atoms with Crippen molar-refractivity contribution < 1.29 is 8.42 Å². The molecule has 0 saturated heterocycles. The highest BCUT2D eigenvalue weighted by Gasteiger charge is 2.27. The Hall–Kier alpha value is -1.66. The van der Waals surface area contributed by atoms with E-state index in [2.05, 4.69) is 16.9 Å². The Morgan fingerprint density at radius 1 is 1.39 bits per heavy atom. The van der Waals surface area contributed by atoms with Crippen LogP contribution in [0, 0.1) is 0 Å². The van der Waals surface area contributed by atoms with Crippen LogP contribution >= 0.6 is 0 Å². The van der Waals surface area contributed by atoms with Crippen LogP contribution in [0.15, 0.2) is 46.8 Å². The molecule has 2 rings (SSSR count). The summed E-state index contributed by atoms with van der Waals surface area (Å²) in [5, 5.41) is 3.06. The van der Waals surface area contributed by atoms with Gasteiger partial charge >= 0.3 is 0 Å². The average molecular weight is 265 g/mol. The van der Waals surface area contributed by atoms with Gasteiger partial charge in [-0.05, 0) is 12.1 Å². The van der Waals surface area contributed by atoms with Crippen molar-refractivity contribution in [3.05, 3.63) is 36.9 Å². The molecule has 1 aromatic carbocycles. The Morgan fingerprint density at radius 2 is 2.17 bits per heavy atom. The van der Waals surface area contributed by atoms with Crippen LogP contribution in [-0.4, -0.2) is 38.7 Å². The average Bonchev–Trinajstić information content (AvgIpc) is 2.37. The van der Waals surface area contributed by atoms with Gasteiger partial charge in [-0.3, -0.25) is 4.31 Å². The quantitative estimate of drug-likeness (QED) is 0.641. The monoisotopic (exact) mass is 265 g/mol. The van der Waals surface area contributed by atoms with Gasteiger partial charge in [-0.15, -0.1) is 6.58 Å². The summed E-state index contributed by atoms with van der Waals surface area (Å²) in [6.45, 7) is 5.15. The van der Waals surface area contributed by atoms with Gasteiger partial charge in [-0.1, -0.05) is 18.2 Å². The van der Waals surface area contributed by atoms with Crippen molar-refractivity contribution in [2.45, 2.75) is 4.90 Å². The number of aliphatic imine (C=N–C) groups is 1. The molecule has 0 amide bonds. The van der Waals surface area contributed by atoms with E-state index in [-0.39, 0.29) is 4.90 Å². The summed E-state index contributed by atoms with van der Waals surface area (Å²) in [5.74, 6) is 0. The molecular formula is C12H15N3O2S. The SMILES string of the molecule is C=CCNCCN1C=Nc2ccccc2S1(=O)=O. The van der Waals surface area contributed by atoms with Gasteiger partial charge in [0.1, 0.15) is 11.2 Å². The zero-order valence-corrected chi connectivity index (χ0v) is 10.7. The van der Waals surface area contributed by atoms with Crippen LogP contribution in [0.4, 0.5) is 5.69 Å². The number of benzene rings is 1. The number of nitrogens with one attached hydrogen (secondary N) is 1. The van der Waals surface area contributed by atoms with Crippen molar-refractivity contribution in [1.82, 2.24) is 9.62 Å². The number of rotatable bonds is 5. The van der Waals surface area contributed by atoms with E-state index >= 15 is 0 Å². The summed E-state index contributed by atoms with van der Waals surface area (Å²) in [7, 11) is -3.45. The van der Waals surface area contributed by atoms with Gasteiger partial charge < -0.3 is 5.32 Å². The fraction of sp³-hybridized carbons (Fsp3) is 0.250. The fourth-order valence-corrected chi connectivity index (χ4v) is 3.06. The molecule has 1 N–H and O–H groups in total. The number of fused-ring (bicyclic) bond motifs is 1. The number of hydrogen-bond acceptors (Lipinski definition) is 4. The van der Waals surface area contributed by atoms with Crippen molar-refractivity contribution in [3.8, 4) is 0 Å². The van der Waals surface area contributed by atoms with E-state index in [0.29, 0.717) is 25.3 Å². The second-order valence-electron chi connectivity index (χ2n) is 3.82. The summed E-state index contributed by atoms with van der Waals surface area (Å²) in [6, 6.07) is 6.74. The molecule has 0 aromatic heterocycles. The van der Waals surface area contributed by atoms with Gasteiger partial charge in [0.05, 0.1) is 5.69 Å². The van der Waals surface area contributed by atoms with Crippen molar-refractivity contribution in [1.29, 1.82) is 0 Å². The molecule has 1 aliphatic heterocycles. The van der Waals surface area contributed by atoms with E-state index in [1.165, 1.54) is 10.6 Å². The lowest BCUT2D eigenvalue weighted by Crippen LogP contribution is -2.37. The molecule has 18 heavy (non-hydrogen) atoms. The standard InChI is InChI=1S/C12H15N3O2S/c1-2-7-13-8-9-15-10-14-11-5-3-4-6-12(11)18(15,16)17/h2-6,10,13H,1,7-9H2. The topological polar surface area (TPSA) is 61.8 Å². The van der Waals surface area contributed by atoms with E-state index in [1.807, 2.05) is 0 Å². The highest BCUT2D eigenvalue weighted by atomic mass is 32.2. The first-order valence-electron chi connectivity index (χ1n) is 5.63. The largest absolute Gasteiger partial charge is 0.311 e. The summed E-state index contributed by atoms with van der Waals surface area (Å²) in [5.41, 5.74) is 0.493. The molecule has 5 nitrogen and oxygen atoms in total. The lowest BCUT2D eigenvalue weighted by atomic mass is 10.3. The molecule has 0 unspecified atom stereocenters. The van der Waals surface area contributed by atoms with Crippen LogP contribution in [0.2, 0.25) is 0 Å². The molecule has 6 heteroatoms. The molecule has 0 spiro atoms. The molecule has 96 valence electrons. The van der Waals surface area contributed by atoms with Crippen LogP contribution in [0.1, 0.15) is 0 Å². The predicted molar refractivity (Wildman–Crippen MR) is 71.6 cm³/mol. The molecule has 0 aliphatic carbocycles. The van der Waals surface area contributed by atoms with Crippen LogP contribution in [-0.2, 0) is 10.0 Å². The first-order valence-corrected chi connectivity index (χ1v) is 7.07. The maximum absolute atomic E-state index is 12.3. The molecule has 0 saturated carbocycles. The second-order valence-corrected chi connectivity index (χ2v) is 5.68. The van der Waals surface area contributed by atoms with Crippen LogP contribution in [0.25, 0.3) is 0 Å². The van der Waals surface area contributed by atoms with Gasteiger partial charge in [0, 0.05) is 19.6 Å². The zero-order chi connectivity index (χ0) is 13.0. The number of nitrogens with zero attached hydrogens (tertiary/aromatic N) is 2. The molecular weight excluding hydrogens is 250 g/mol. The first kappa shape index (κ1) is 12.8. The summed E-state index contributed by atoms with van der Waals surface area (Å²) in [4.78, 5) is 4.40. The van der Waals surface area contributed by atoms with E-state index in [9.17, 15) is 8.42 Å². The number of sulfonamides is 1.